The second-order valence-electron chi connectivity index (χ2n) is 4.83. The minimum absolute atomic E-state index is 0.0271. The lowest BCUT2D eigenvalue weighted by atomic mass is 10.2. The number of nitrogens with two attached hydrogens (primary N) is 1. The molecule has 1 atom stereocenters. The van der Waals surface area contributed by atoms with Crippen LogP contribution in [0.5, 0.6) is 0 Å². The van der Waals surface area contributed by atoms with Gasteiger partial charge in [-0.15, -0.1) is 0 Å². The summed E-state index contributed by atoms with van der Waals surface area (Å²) in [6, 6.07) is 0.657. The van der Waals surface area contributed by atoms with Crippen molar-refractivity contribution in [3.63, 3.8) is 0 Å². The van der Waals surface area contributed by atoms with E-state index >= 15 is 0 Å². The Balaban J connectivity index is 1.88. The number of allylic oxidation sites excluding steroid dienone is 1. The van der Waals surface area contributed by atoms with E-state index in [1.54, 1.807) is 0 Å². The van der Waals surface area contributed by atoms with Crippen LogP contribution in [0.25, 0.3) is 0 Å². The number of rotatable bonds is 2. The zero-order chi connectivity index (χ0) is 11.5. The van der Waals surface area contributed by atoms with E-state index in [4.69, 9.17) is 5.73 Å². The molecule has 0 aromatic carbocycles. The van der Waals surface area contributed by atoms with Crippen molar-refractivity contribution in [2.45, 2.75) is 32.5 Å². The predicted molar refractivity (Wildman–Crippen MR) is 67.4 cm³/mol. The number of hydrogen-bond acceptors (Lipinski definition) is 4. The Morgan fingerprint density at radius 3 is 2.50 bits per heavy atom. The second-order valence-corrected chi connectivity index (χ2v) is 4.83. The van der Waals surface area contributed by atoms with Gasteiger partial charge in [-0.3, -0.25) is 9.89 Å². The molecule has 0 unspecified atom stereocenters. The Bertz CT molecular complexity index is 287. The summed E-state index contributed by atoms with van der Waals surface area (Å²) in [4.78, 5) is 9.20. The normalized spacial score (nSPS) is 27.4. The summed E-state index contributed by atoms with van der Waals surface area (Å²) in [6.07, 6.45) is 4.98. The van der Waals surface area contributed by atoms with Gasteiger partial charge < -0.3 is 10.6 Å². The minimum atomic E-state index is -0.0271. The summed E-state index contributed by atoms with van der Waals surface area (Å²) in [7, 11) is 0. The molecule has 90 valence electrons. The molecule has 4 nitrogen and oxygen atoms in total. The monoisotopic (exact) mass is 222 g/mol. The van der Waals surface area contributed by atoms with Crippen LogP contribution in [0.2, 0.25) is 0 Å². The lowest BCUT2D eigenvalue weighted by Gasteiger charge is -2.38. The van der Waals surface area contributed by atoms with Gasteiger partial charge in [0.1, 0.15) is 6.17 Å². The van der Waals surface area contributed by atoms with Crippen LogP contribution in [0.4, 0.5) is 0 Å². The van der Waals surface area contributed by atoms with Crippen LogP contribution < -0.4 is 5.73 Å². The largest absolute Gasteiger partial charge is 0.368 e. The first-order valence-corrected chi connectivity index (χ1v) is 6.14. The molecule has 0 amide bonds. The highest BCUT2D eigenvalue weighted by molar-refractivity contribution is 5.78. The third kappa shape index (κ3) is 2.62. The van der Waals surface area contributed by atoms with Gasteiger partial charge in [0, 0.05) is 44.9 Å². The van der Waals surface area contributed by atoms with Crippen molar-refractivity contribution in [2.75, 3.05) is 26.2 Å². The van der Waals surface area contributed by atoms with E-state index < -0.39 is 0 Å². The maximum Gasteiger partial charge on any atom is 0.101 e. The van der Waals surface area contributed by atoms with Crippen molar-refractivity contribution in [3.8, 4) is 0 Å². The van der Waals surface area contributed by atoms with Crippen molar-refractivity contribution >= 4 is 6.21 Å². The van der Waals surface area contributed by atoms with E-state index in [0.29, 0.717) is 6.04 Å². The fourth-order valence-electron chi connectivity index (χ4n) is 2.23. The quantitative estimate of drug-likeness (QED) is 0.746. The molecule has 0 radical (unpaired) electrons. The Morgan fingerprint density at radius 1 is 1.31 bits per heavy atom. The molecule has 0 spiro atoms. The SMILES string of the molecule is CC(C)N1CCN(C2=CC[C@H](N)N=C2)CC1. The van der Waals surface area contributed by atoms with Crippen LogP contribution in [0, 0.1) is 0 Å². The smallest absolute Gasteiger partial charge is 0.101 e. The van der Waals surface area contributed by atoms with Crippen LogP contribution >= 0.6 is 0 Å². The van der Waals surface area contributed by atoms with Crippen molar-refractivity contribution in [3.05, 3.63) is 11.8 Å². The van der Waals surface area contributed by atoms with Gasteiger partial charge >= 0.3 is 0 Å². The van der Waals surface area contributed by atoms with Crippen LogP contribution in [0.1, 0.15) is 20.3 Å². The topological polar surface area (TPSA) is 44.9 Å². The molecule has 2 aliphatic rings. The molecule has 1 saturated heterocycles. The highest BCUT2D eigenvalue weighted by Gasteiger charge is 2.20. The van der Waals surface area contributed by atoms with Crippen LogP contribution in [0.15, 0.2) is 16.8 Å². The Hall–Kier alpha value is -0.870. The predicted octanol–water partition coefficient (Wildman–Crippen LogP) is 0.656. The summed E-state index contributed by atoms with van der Waals surface area (Å²) in [5.41, 5.74) is 6.97. The van der Waals surface area contributed by atoms with Gasteiger partial charge in [0.2, 0.25) is 0 Å². The third-order valence-corrected chi connectivity index (χ3v) is 3.38. The van der Waals surface area contributed by atoms with Crippen LogP contribution in [0.3, 0.4) is 0 Å². The minimum Gasteiger partial charge on any atom is -0.368 e. The van der Waals surface area contributed by atoms with E-state index in [1.807, 2.05) is 6.21 Å². The van der Waals surface area contributed by atoms with Crippen molar-refractivity contribution in [1.29, 1.82) is 0 Å². The molecule has 0 aliphatic carbocycles. The molecular formula is C12H22N4. The van der Waals surface area contributed by atoms with E-state index in [1.165, 1.54) is 5.70 Å². The van der Waals surface area contributed by atoms with E-state index in [2.05, 4.69) is 34.7 Å². The molecule has 2 rings (SSSR count). The lowest BCUT2D eigenvalue weighted by Crippen LogP contribution is -2.48. The number of aliphatic imine (C=N–C) groups is 1. The summed E-state index contributed by atoms with van der Waals surface area (Å²) >= 11 is 0. The number of nitrogens with zero attached hydrogens (tertiary/aromatic N) is 3. The standard InChI is InChI=1S/C12H22N4/c1-10(2)15-5-7-16(8-6-15)11-3-4-12(13)14-9-11/h3,9-10,12H,4-8,13H2,1-2H3/t12-/m1/s1. The first kappa shape index (κ1) is 11.6. The fraction of sp³-hybridized carbons (Fsp3) is 0.750. The Labute approximate surface area is 97.8 Å². The fourth-order valence-corrected chi connectivity index (χ4v) is 2.23. The number of hydrogen-bond donors (Lipinski definition) is 1. The van der Waals surface area contributed by atoms with E-state index in [9.17, 15) is 0 Å². The molecule has 0 saturated carbocycles. The molecule has 0 bridgehead atoms. The number of dihydropyridines is 1. The Morgan fingerprint density at radius 2 is 2.00 bits per heavy atom. The maximum atomic E-state index is 5.72. The molecule has 2 heterocycles. The van der Waals surface area contributed by atoms with Gasteiger partial charge in [0.05, 0.1) is 5.70 Å². The average molecular weight is 222 g/mol. The summed E-state index contributed by atoms with van der Waals surface area (Å²) in [6.45, 7) is 9.02. The Kier molecular flexibility index (Phi) is 3.61. The molecule has 2 N–H and O–H groups in total. The van der Waals surface area contributed by atoms with E-state index in [-0.39, 0.29) is 6.17 Å². The van der Waals surface area contributed by atoms with Crippen molar-refractivity contribution in [2.24, 2.45) is 10.7 Å². The first-order valence-electron chi connectivity index (χ1n) is 6.14. The zero-order valence-corrected chi connectivity index (χ0v) is 10.3. The highest BCUT2D eigenvalue weighted by atomic mass is 15.3. The van der Waals surface area contributed by atoms with Crippen LogP contribution in [-0.2, 0) is 0 Å². The van der Waals surface area contributed by atoms with E-state index in [0.717, 1.165) is 32.6 Å². The van der Waals surface area contributed by atoms with Gasteiger partial charge in [-0.1, -0.05) is 6.08 Å². The van der Waals surface area contributed by atoms with Gasteiger partial charge in [-0.2, -0.15) is 0 Å². The maximum absolute atomic E-state index is 5.72. The van der Waals surface area contributed by atoms with Crippen molar-refractivity contribution in [1.82, 2.24) is 9.80 Å². The summed E-state index contributed by atoms with van der Waals surface area (Å²) in [5, 5.41) is 0. The number of piperazine rings is 1. The molecule has 0 aromatic heterocycles. The second kappa shape index (κ2) is 4.97. The van der Waals surface area contributed by atoms with Gasteiger partial charge in [-0.05, 0) is 13.8 Å². The van der Waals surface area contributed by atoms with Gasteiger partial charge in [-0.25, -0.2) is 0 Å². The lowest BCUT2D eigenvalue weighted by molar-refractivity contribution is 0.134. The molecule has 4 heteroatoms. The van der Waals surface area contributed by atoms with Crippen LogP contribution in [-0.4, -0.2) is 54.4 Å². The zero-order valence-electron chi connectivity index (χ0n) is 10.3. The van der Waals surface area contributed by atoms with Crippen molar-refractivity contribution < 1.29 is 0 Å². The molecule has 16 heavy (non-hydrogen) atoms. The molecule has 1 fully saturated rings. The summed E-state index contributed by atoms with van der Waals surface area (Å²) < 4.78 is 0. The third-order valence-electron chi connectivity index (χ3n) is 3.38. The molecular weight excluding hydrogens is 200 g/mol. The molecule has 0 aromatic rings. The van der Waals surface area contributed by atoms with Gasteiger partial charge in [0.25, 0.3) is 0 Å². The van der Waals surface area contributed by atoms with Gasteiger partial charge in [0.15, 0.2) is 0 Å². The molecule has 2 aliphatic heterocycles. The first-order chi connectivity index (χ1) is 7.66. The highest BCUT2D eigenvalue weighted by Crippen LogP contribution is 2.14. The summed E-state index contributed by atoms with van der Waals surface area (Å²) in [5.74, 6) is 0. The average Bonchev–Trinajstić information content (AvgIpc) is 2.30.